The summed E-state index contributed by atoms with van der Waals surface area (Å²) < 4.78 is 1.40. The number of nitrogens with zero attached hydrogens (tertiary/aromatic N) is 3. The van der Waals surface area contributed by atoms with E-state index in [1.807, 2.05) is 18.2 Å². The van der Waals surface area contributed by atoms with E-state index in [9.17, 15) is 0 Å². The first kappa shape index (κ1) is 14.9. The molecule has 22 heavy (non-hydrogen) atoms. The third kappa shape index (κ3) is 3.41. The first-order valence-electron chi connectivity index (χ1n) is 6.87. The quantitative estimate of drug-likeness (QED) is 0.509. The minimum absolute atomic E-state index is 0.0714. The van der Waals surface area contributed by atoms with Crippen LogP contribution in [0, 0.1) is 10.5 Å². The van der Waals surface area contributed by atoms with E-state index in [2.05, 4.69) is 50.3 Å². The number of hydrogen-bond donors (Lipinski definition) is 1. The number of halogens is 1. The second kappa shape index (κ2) is 6.83. The molecule has 0 fully saturated rings. The van der Waals surface area contributed by atoms with Gasteiger partial charge in [-0.15, -0.1) is 0 Å². The van der Waals surface area contributed by atoms with E-state index in [0.29, 0.717) is 5.95 Å². The summed E-state index contributed by atoms with van der Waals surface area (Å²) in [6.07, 6.45) is 5.33. The summed E-state index contributed by atoms with van der Waals surface area (Å²) in [5.74, 6) is 0.607. The molecule has 0 saturated carbocycles. The molecule has 3 aromatic rings. The molecule has 0 radical (unpaired) electrons. The fourth-order valence-corrected chi connectivity index (χ4v) is 3.22. The Balaban J connectivity index is 1.90. The summed E-state index contributed by atoms with van der Waals surface area (Å²) >= 11 is 0.0714. The van der Waals surface area contributed by atoms with Gasteiger partial charge in [0.1, 0.15) is 0 Å². The van der Waals surface area contributed by atoms with Gasteiger partial charge < -0.3 is 0 Å². The van der Waals surface area contributed by atoms with E-state index in [0.717, 1.165) is 16.9 Å². The molecule has 112 valence electrons. The normalized spacial score (nSPS) is 10.6. The zero-order chi connectivity index (χ0) is 15.4. The Labute approximate surface area is 140 Å². The molecule has 0 unspecified atom stereocenters. The first-order chi connectivity index (χ1) is 10.8. The van der Waals surface area contributed by atoms with Crippen molar-refractivity contribution in [2.75, 3.05) is 10.2 Å². The molecule has 0 spiro atoms. The van der Waals surface area contributed by atoms with Gasteiger partial charge in [0.2, 0.25) is 0 Å². The Bertz CT molecular complexity index is 775. The Morgan fingerprint density at radius 2 is 2.00 bits per heavy atom. The minimum atomic E-state index is 0.0714. The fourth-order valence-electron chi connectivity index (χ4n) is 2.06. The van der Waals surface area contributed by atoms with Crippen LogP contribution in [0.4, 0.5) is 11.6 Å². The molecule has 1 N–H and O–H groups in total. The third-order valence-corrected chi connectivity index (χ3v) is 5.19. The summed E-state index contributed by atoms with van der Waals surface area (Å²) in [4.78, 5) is 15.3. The molecule has 0 aliphatic rings. The molecule has 0 bridgehead atoms. The van der Waals surface area contributed by atoms with Gasteiger partial charge in [-0.25, -0.2) is 0 Å². The SMILES string of the molecule is C[I-]c1ccc(C)c(Nc2nccc(-c3cccnc3)n2)c1. The molecule has 0 atom stereocenters. The molecule has 2 heterocycles. The molecule has 2 aromatic heterocycles. The molecule has 3 rings (SSSR count). The van der Waals surface area contributed by atoms with E-state index in [4.69, 9.17) is 0 Å². The van der Waals surface area contributed by atoms with Gasteiger partial charge in [0.25, 0.3) is 0 Å². The number of nitrogens with one attached hydrogen (secondary N) is 1. The van der Waals surface area contributed by atoms with Crippen molar-refractivity contribution < 1.29 is 21.2 Å². The summed E-state index contributed by atoms with van der Waals surface area (Å²) in [5, 5.41) is 3.33. The van der Waals surface area contributed by atoms with Crippen LogP contribution in [0.2, 0.25) is 0 Å². The molecule has 0 amide bonds. The van der Waals surface area contributed by atoms with E-state index in [1.54, 1.807) is 18.6 Å². The van der Waals surface area contributed by atoms with Crippen LogP contribution in [0.15, 0.2) is 55.0 Å². The number of pyridine rings is 1. The second-order valence-electron chi connectivity index (χ2n) is 4.78. The van der Waals surface area contributed by atoms with Crippen molar-refractivity contribution in [1.82, 2.24) is 15.0 Å². The molecule has 5 heteroatoms. The van der Waals surface area contributed by atoms with Gasteiger partial charge in [0.05, 0.1) is 0 Å². The number of benzene rings is 1. The maximum absolute atomic E-state index is 4.58. The van der Waals surface area contributed by atoms with Crippen molar-refractivity contribution in [2.45, 2.75) is 6.92 Å². The molecular formula is C17H16IN4-. The Morgan fingerprint density at radius 1 is 1.09 bits per heavy atom. The number of aryl methyl sites for hydroxylation is 1. The van der Waals surface area contributed by atoms with Crippen LogP contribution in [0.1, 0.15) is 5.56 Å². The van der Waals surface area contributed by atoms with Crippen LogP contribution in [-0.2, 0) is 0 Å². The number of rotatable bonds is 4. The average Bonchev–Trinajstić information content (AvgIpc) is 2.58. The zero-order valence-electron chi connectivity index (χ0n) is 12.4. The Hall–Kier alpha value is -2.02. The predicted octanol–water partition coefficient (Wildman–Crippen LogP) is 0.479. The molecule has 1 aromatic carbocycles. The second-order valence-corrected chi connectivity index (χ2v) is 7.10. The van der Waals surface area contributed by atoms with Crippen LogP contribution in [0.25, 0.3) is 11.3 Å². The van der Waals surface area contributed by atoms with Crippen molar-refractivity contribution in [3.05, 3.63) is 64.1 Å². The summed E-state index contributed by atoms with van der Waals surface area (Å²) in [7, 11) is 0. The van der Waals surface area contributed by atoms with Crippen molar-refractivity contribution >= 4 is 11.6 Å². The summed E-state index contributed by atoms with van der Waals surface area (Å²) in [5.41, 5.74) is 4.11. The number of anilines is 2. The Kier molecular flexibility index (Phi) is 4.62. The molecule has 0 aliphatic carbocycles. The molecule has 0 aliphatic heterocycles. The van der Waals surface area contributed by atoms with Crippen molar-refractivity contribution in [3.63, 3.8) is 0 Å². The van der Waals surface area contributed by atoms with Gasteiger partial charge in [0.15, 0.2) is 0 Å². The van der Waals surface area contributed by atoms with Crippen LogP contribution < -0.4 is 26.5 Å². The topological polar surface area (TPSA) is 50.7 Å². The van der Waals surface area contributed by atoms with Crippen LogP contribution in [0.5, 0.6) is 0 Å². The molecular weight excluding hydrogens is 387 g/mol. The average molecular weight is 403 g/mol. The van der Waals surface area contributed by atoms with Crippen molar-refractivity contribution in [2.24, 2.45) is 0 Å². The first-order valence-corrected chi connectivity index (χ1v) is 10.1. The van der Waals surface area contributed by atoms with E-state index in [-0.39, 0.29) is 21.2 Å². The number of alkyl halides is 1. The van der Waals surface area contributed by atoms with Gasteiger partial charge >= 0.3 is 140 Å². The van der Waals surface area contributed by atoms with Crippen molar-refractivity contribution in [1.29, 1.82) is 0 Å². The van der Waals surface area contributed by atoms with Gasteiger partial charge in [-0.3, -0.25) is 0 Å². The van der Waals surface area contributed by atoms with E-state index >= 15 is 0 Å². The predicted molar refractivity (Wildman–Crippen MR) is 84.3 cm³/mol. The summed E-state index contributed by atoms with van der Waals surface area (Å²) in [6, 6.07) is 12.3. The third-order valence-electron chi connectivity index (χ3n) is 3.28. The van der Waals surface area contributed by atoms with Crippen LogP contribution in [0.3, 0.4) is 0 Å². The molecule has 4 nitrogen and oxygen atoms in total. The zero-order valence-corrected chi connectivity index (χ0v) is 14.6. The van der Waals surface area contributed by atoms with E-state index in [1.165, 1.54) is 9.13 Å². The fraction of sp³-hybridized carbons (Fsp3) is 0.118. The van der Waals surface area contributed by atoms with Crippen molar-refractivity contribution in [3.8, 4) is 11.3 Å². The maximum atomic E-state index is 4.58. The standard InChI is InChI=1S/C17H16IN4/c1-12-5-6-14(18-2)10-16(12)22-17-20-9-7-15(21-17)13-4-3-8-19-11-13/h3-11H,1-2H3,(H,20,21,22)/q-1. The molecule has 0 saturated heterocycles. The van der Waals surface area contributed by atoms with Crippen LogP contribution >= 0.6 is 0 Å². The van der Waals surface area contributed by atoms with Gasteiger partial charge in [-0.1, -0.05) is 0 Å². The number of aromatic nitrogens is 3. The van der Waals surface area contributed by atoms with E-state index < -0.39 is 0 Å². The summed E-state index contributed by atoms with van der Waals surface area (Å²) in [6.45, 7) is 2.09. The van der Waals surface area contributed by atoms with Gasteiger partial charge in [-0.05, 0) is 0 Å². The van der Waals surface area contributed by atoms with Gasteiger partial charge in [-0.2, -0.15) is 0 Å². The Morgan fingerprint density at radius 3 is 2.77 bits per heavy atom. The van der Waals surface area contributed by atoms with Crippen LogP contribution in [-0.4, -0.2) is 19.9 Å². The monoisotopic (exact) mass is 403 g/mol. The number of hydrogen-bond acceptors (Lipinski definition) is 4. The van der Waals surface area contributed by atoms with Gasteiger partial charge in [0, 0.05) is 0 Å².